The lowest BCUT2D eigenvalue weighted by Gasteiger charge is -2.27. The Kier molecular flexibility index (Phi) is 7.00. The number of carbonyl (C=O) groups excluding carboxylic acids is 1. The maximum atomic E-state index is 13.1. The van der Waals surface area contributed by atoms with Gasteiger partial charge in [-0.25, -0.2) is 9.97 Å². The second-order valence-corrected chi connectivity index (χ2v) is 7.99. The lowest BCUT2D eigenvalue weighted by molar-refractivity contribution is -0.132. The van der Waals surface area contributed by atoms with Crippen LogP contribution in [0.15, 0.2) is 23.4 Å². The molecule has 2 aromatic rings. The molecule has 0 N–H and O–H groups in total. The van der Waals surface area contributed by atoms with E-state index in [1.165, 1.54) is 11.8 Å². The molecule has 1 aliphatic rings. The minimum Gasteiger partial charge on any atom is -0.497 e. The van der Waals surface area contributed by atoms with Gasteiger partial charge in [-0.1, -0.05) is 11.8 Å². The van der Waals surface area contributed by atoms with Gasteiger partial charge >= 0.3 is 0 Å². The van der Waals surface area contributed by atoms with Crippen molar-refractivity contribution in [1.82, 2.24) is 14.9 Å². The van der Waals surface area contributed by atoms with Gasteiger partial charge in [-0.2, -0.15) is 0 Å². The molecule has 1 aromatic carbocycles. The van der Waals surface area contributed by atoms with Crippen LogP contribution < -0.4 is 9.47 Å². The molecule has 156 valence electrons. The summed E-state index contributed by atoms with van der Waals surface area (Å²) < 4.78 is 10.9. The second kappa shape index (κ2) is 9.48. The van der Waals surface area contributed by atoms with Gasteiger partial charge in [-0.15, -0.1) is 0 Å². The van der Waals surface area contributed by atoms with Gasteiger partial charge in [0.1, 0.15) is 11.5 Å². The fourth-order valence-electron chi connectivity index (χ4n) is 4.02. The topological polar surface area (TPSA) is 64.5 Å². The van der Waals surface area contributed by atoms with E-state index < -0.39 is 0 Å². The molecule has 6 nitrogen and oxygen atoms in total. The molecule has 1 aliphatic heterocycles. The molecule has 1 unspecified atom stereocenters. The molecule has 7 heteroatoms. The number of rotatable bonds is 7. The van der Waals surface area contributed by atoms with Gasteiger partial charge in [0, 0.05) is 36.0 Å². The molecule has 0 saturated carbocycles. The van der Waals surface area contributed by atoms with E-state index in [1.54, 1.807) is 14.2 Å². The first-order valence-corrected chi connectivity index (χ1v) is 11.1. The first kappa shape index (κ1) is 21.4. The Morgan fingerprint density at radius 1 is 1.21 bits per heavy atom. The molecule has 0 bridgehead atoms. The molecular formula is C22H29N3O3S. The monoisotopic (exact) mass is 415 g/mol. The number of aryl methyl sites for hydroxylation is 2. The van der Waals surface area contributed by atoms with Crippen molar-refractivity contribution >= 4 is 17.7 Å². The van der Waals surface area contributed by atoms with Crippen molar-refractivity contribution in [1.29, 1.82) is 0 Å². The number of ether oxygens (including phenoxy) is 2. The number of carbonyl (C=O) groups is 1. The van der Waals surface area contributed by atoms with Crippen molar-refractivity contribution in [3.63, 3.8) is 0 Å². The number of methoxy groups -OCH3 is 2. The van der Waals surface area contributed by atoms with Crippen molar-refractivity contribution < 1.29 is 14.3 Å². The number of amides is 1. The summed E-state index contributed by atoms with van der Waals surface area (Å²) in [5, 5.41) is 0.779. The smallest absolute Gasteiger partial charge is 0.223 e. The maximum absolute atomic E-state index is 13.1. The third kappa shape index (κ3) is 4.66. The van der Waals surface area contributed by atoms with E-state index in [-0.39, 0.29) is 11.9 Å². The van der Waals surface area contributed by atoms with Crippen LogP contribution in [0.4, 0.5) is 0 Å². The van der Waals surface area contributed by atoms with E-state index >= 15 is 0 Å². The van der Waals surface area contributed by atoms with Gasteiger partial charge in [0.2, 0.25) is 5.91 Å². The Hall–Kier alpha value is -2.28. The van der Waals surface area contributed by atoms with E-state index in [1.807, 2.05) is 43.2 Å². The van der Waals surface area contributed by atoms with Crippen LogP contribution in [0.2, 0.25) is 0 Å². The van der Waals surface area contributed by atoms with Crippen LogP contribution >= 0.6 is 11.8 Å². The Labute approximate surface area is 177 Å². The van der Waals surface area contributed by atoms with Crippen LogP contribution in [-0.4, -0.2) is 47.8 Å². The molecule has 0 spiro atoms. The van der Waals surface area contributed by atoms with Crippen molar-refractivity contribution in [2.45, 2.75) is 50.7 Å². The number of thioether (sulfide) groups is 1. The molecular weight excluding hydrogens is 386 g/mol. The van der Waals surface area contributed by atoms with Crippen LogP contribution in [0.1, 0.15) is 47.8 Å². The average molecular weight is 416 g/mol. The van der Waals surface area contributed by atoms with Crippen LogP contribution in [-0.2, 0) is 11.2 Å². The predicted octanol–water partition coefficient (Wildman–Crippen LogP) is 4.13. The molecule has 29 heavy (non-hydrogen) atoms. The van der Waals surface area contributed by atoms with Crippen LogP contribution in [0, 0.1) is 13.8 Å². The summed E-state index contributed by atoms with van der Waals surface area (Å²) in [5.41, 5.74) is 4.04. The summed E-state index contributed by atoms with van der Waals surface area (Å²) in [4.78, 5) is 24.1. The van der Waals surface area contributed by atoms with Gasteiger partial charge in [0.15, 0.2) is 5.16 Å². The summed E-state index contributed by atoms with van der Waals surface area (Å²) in [6, 6.07) is 5.86. The van der Waals surface area contributed by atoms with E-state index in [2.05, 4.69) is 9.97 Å². The molecule has 1 aromatic heterocycles. The van der Waals surface area contributed by atoms with Gasteiger partial charge < -0.3 is 14.4 Å². The Balaban J connectivity index is 1.74. The summed E-state index contributed by atoms with van der Waals surface area (Å²) in [5.74, 6) is 1.68. The molecule has 1 fully saturated rings. The van der Waals surface area contributed by atoms with Crippen molar-refractivity contribution in [3.05, 3.63) is 40.7 Å². The summed E-state index contributed by atoms with van der Waals surface area (Å²) in [6.45, 7) is 4.77. The highest BCUT2D eigenvalue weighted by atomic mass is 32.2. The fraction of sp³-hybridized carbons (Fsp3) is 0.500. The molecule has 1 saturated heterocycles. The zero-order valence-electron chi connectivity index (χ0n) is 17.8. The molecule has 1 amide bonds. The zero-order valence-corrected chi connectivity index (χ0v) is 18.6. The van der Waals surface area contributed by atoms with E-state index in [9.17, 15) is 4.79 Å². The van der Waals surface area contributed by atoms with Crippen molar-refractivity contribution in [2.75, 3.05) is 27.0 Å². The SMILES string of the molecule is COc1ccc(C2CCCN2C(=O)CCc2c(C)nc(SC)nc2C)c(OC)c1. The number of nitrogens with zero attached hydrogens (tertiary/aromatic N) is 3. The van der Waals surface area contributed by atoms with Crippen LogP contribution in [0.25, 0.3) is 0 Å². The fourth-order valence-corrected chi connectivity index (χ4v) is 4.48. The van der Waals surface area contributed by atoms with Crippen LogP contribution in [0.5, 0.6) is 11.5 Å². The van der Waals surface area contributed by atoms with Gasteiger partial charge in [-0.3, -0.25) is 4.79 Å². The van der Waals surface area contributed by atoms with Gasteiger partial charge in [0.05, 0.1) is 20.3 Å². The van der Waals surface area contributed by atoms with Crippen LogP contribution in [0.3, 0.4) is 0 Å². The van der Waals surface area contributed by atoms with E-state index in [0.717, 1.165) is 58.6 Å². The summed E-state index contributed by atoms with van der Waals surface area (Å²) in [7, 11) is 3.29. The molecule has 3 rings (SSSR count). The average Bonchev–Trinajstić information content (AvgIpc) is 3.21. The highest BCUT2D eigenvalue weighted by molar-refractivity contribution is 7.98. The standard InChI is InChI=1S/C22H29N3O3S/c1-14-17(15(2)24-22(23-14)29-5)10-11-21(26)25-12-6-7-19(25)18-9-8-16(27-3)13-20(18)28-4/h8-9,13,19H,6-7,10-12H2,1-5H3. The van der Waals surface area contributed by atoms with Crippen molar-refractivity contribution in [3.8, 4) is 11.5 Å². The number of benzene rings is 1. The normalized spacial score (nSPS) is 16.2. The Bertz CT molecular complexity index is 865. The third-order valence-corrected chi connectivity index (χ3v) is 6.09. The van der Waals surface area contributed by atoms with E-state index in [0.29, 0.717) is 12.8 Å². The maximum Gasteiger partial charge on any atom is 0.223 e. The molecule has 0 radical (unpaired) electrons. The largest absolute Gasteiger partial charge is 0.497 e. The first-order valence-electron chi connectivity index (χ1n) is 9.88. The highest BCUT2D eigenvalue weighted by Crippen LogP contribution is 2.39. The van der Waals surface area contributed by atoms with E-state index in [4.69, 9.17) is 9.47 Å². The lowest BCUT2D eigenvalue weighted by atomic mass is 10.0. The number of hydrogen-bond acceptors (Lipinski definition) is 6. The zero-order chi connectivity index (χ0) is 21.0. The van der Waals surface area contributed by atoms with Gasteiger partial charge in [-0.05, 0) is 57.1 Å². The third-order valence-electron chi connectivity index (χ3n) is 5.54. The van der Waals surface area contributed by atoms with Crippen molar-refractivity contribution in [2.24, 2.45) is 0 Å². The molecule has 1 atom stereocenters. The molecule has 0 aliphatic carbocycles. The molecule has 2 heterocycles. The minimum absolute atomic E-state index is 0.0423. The number of aromatic nitrogens is 2. The highest BCUT2D eigenvalue weighted by Gasteiger charge is 2.31. The Morgan fingerprint density at radius 3 is 2.55 bits per heavy atom. The summed E-state index contributed by atoms with van der Waals surface area (Å²) >= 11 is 1.54. The second-order valence-electron chi connectivity index (χ2n) is 7.21. The predicted molar refractivity (Wildman–Crippen MR) is 115 cm³/mol. The quantitative estimate of drug-likeness (QED) is 0.500. The Morgan fingerprint density at radius 2 is 1.93 bits per heavy atom. The first-order chi connectivity index (χ1) is 14.0. The van der Waals surface area contributed by atoms with Gasteiger partial charge in [0.25, 0.3) is 0 Å². The minimum atomic E-state index is 0.0423. The lowest BCUT2D eigenvalue weighted by Crippen LogP contribution is -2.31. The number of hydrogen-bond donors (Lipinski definition) is 0. The summed E-state index contributed by atoms with van der Waals surface area (Å²) in [6.07, 6.45) is 5.03. The number of likely N-dealkylation sites (tertiary alicyclic amines) is 1.